The van der Waals surface area contributed by atoms with E-state index in [9.17, 15) is 93.9 Å². The quantitative estimate of drug-likeness (QED) is 0.0187. The Labute approximate surface area is 832 Å². The first-order valence-corrected chi connectivity index (χ1v) is 47.7. The molecule has 10 aliphatic heterocycles. The van der Waals surface area contributed by atoms with Crippen molar-refractivity contribution in [3.63, 3.8) is 0 Å². The maximum Gasteiger partial charge on any atom is 0.255 e. The maximum atomic E-state index is 14.3. The van der Waals surface area contributed by atoms with Gasteiger partial charge >= 0.3 is 0 Å². The number of halogens is 5. The van der Waals surface area contributed by atoms with Gasteiger partial charge in [-0.15, -0.1) is 0 Å². The van der Waals surface area contributed by atoms with E-state index in [2.05, 4.69) is 69.1 Å². The first-order valence-electron chi connectivity index (χ1n) is 48.2. The summed E-state index contributed by atoms with van der Waals surface area (Å²) >= 11 is 0. The minimum absolute atomic E-state index is 0.00745. The Bertz CT molecular complexity index is 6590. The second-order valence-electron chi connectivity index (χ2n) is 36.0. The predicted molar refractivity (Wildman–Crippen MR) is 528 cm³/mol. The molecule has 5 atom stereocenters. The zero-order valence-electron chi connectivity index (χ0n) is 80.9. The summed E-state index contributed by atoms with van der Waals surface area (Å²) in [7, 11) is 5.30. The minimum Gasteiger partial charge on any atom is -0.388 e. The highest BCUT2D eigenvalue weighted by molar-refractivity contribution is 6.11. The van der Waals surface area contributed by atoms with Crippen molar-refractivity contribution in [2.45, 2.75) is 187 Å². The summed E-state index contributed by atoms with van der Waals surface area (Å²) in [5.74, 6) is -7.09. The molecule has 15 amide bonds. The van der Waals surface area contributed by atoms with Crippen molar-refractivity contribution >= 4 is 134 Å². The summed E-state index contributed by atoms with van der Waals surface area (Å²) in [5, 5.41) is 36.3. The third kappa shape index (κ3) is 22.5. The second-order valence-corrected chi connectivity index (χ2v) is 36.0. The lowest BCUT2D eigenvalue weighted by Crippen LogP contribution is -2.52. The fraction of sp³-hybridized carbons (Fsp3) is 0.299. The Balaban J connectivity index is 0.000000131. The van der Waals surface area contributed by atoms with Crippen LogP contribution in [0.1, 0.15) is 198 Å². The molecule has 33 nitrogen and oxygen atoms in total. The molecule has 0 spiro atoms. The molecule has 0 saturated carbocycles. The molecule has 20 rings (SSSR count). The van der Waals surface area contributed by atoms with Crippen molar-refractivity contribution in [1.82, 2.24) is 51.1 Å². The van der Waals surface area contributed by atoms with Crippen LogP contribution in [0.25, 0.3) is 0 Å². The molecule has 5 saturated heterocycles. The van der Waals surface area contributed by atoms with Gasteiger partial charge in [0.1, 0.15) is 59.3 Å². The number of hydrogen-bond acceptors (Lipinski definition) is 23. The molecule has 10 aliphatic rings. The second kappa shape index (κ2) is 44.6. The lowest BCUT2D eigenvalue weighted by Gasteiger charge is -2.29. The van der Waals surface area contributed by atoms with Gasteiger partial charge in [0, 0.05) is 248 Å². The molecular weight excluding hydrogens is 1870 g/mol. The Kier molecular flexibility index (Phi) is 30.7. The summed E-state index contributed by atoms with van der Waals surface area (Å²) in [4.78, 5) is 190. The smallest absolute Gasteiger partial charge is 0.255 e. The average Bonchev–Trinajstić information content (AvgIpc) is 1.61. The molecule has 145 heavy (non-hydrogen) atoms. The van der Waals surface area contributed by atoms with E-state index in [4.69, 9.17) is 1.37 Å². The highest BCUT2D eigenvalue weighted by Crippen LogP contribution is 2.40. The number of rotatable bonds is 25. The largest absolute Gasteiger partial charge is 0.388 e. The third-order valence-electron chi connectivity index (χ3n) is 27.1. The summed E-state index contributed by atoms with van der Waals surface area (Å²) in [6, 6.07) is 46.7. The topological polar surface area (TPSA) is 429 Å². The van der Waals surface area contributed by atoms with E-state index in [1.54, 1.807) is 142 Å². The Hall–Kier alpha value is -16.7. The first-order chi connectivity index (χ1) is 70.2. The summed E-state index contributed by atoms with van der Waals surface area (Å²) < 4.78 is 79.5. The fourth-order valence-electron chi connectivity index (χ4n) is 19.0. The molecule has 38 heteroatoms. The zero-order chi connectivity index (χ0) is 104. The highest BCUT2D eigenvalue weighted by atomic mass is 19.1. The predicted octanol–water partition coefficient (Wildman–Crippen LogP) is 12.2. The molecule has 0 aromatic heterocycles. The van der Waals surface area contributed by atoms with Crippen LogP contribution >= 0.6 is 0 Å². The van der Waals surface area contributed by atoms with Crippen LogP contribution in [-0.4, -0.2) is 164 Å². The number of piperidine rings is 5. The number of carbonyl (C=O) groups excluding carboxylic acids is 15. The number of nitrogens with one attached hydrogen (secondary N) is 13. The third-order valence-corrected chi connectivity index (χ3v) is 27.1. The van der Waals surface area contributed by atoms with E-state index in [0.29, 0.717) is 99.1 Å². The normalized spacial score (nSPS) is 19.1. The van der Waals surface area contributed by atoms with Crippen LogP contribution in [0, 0.1) is 29.1 Å². The SMILES string of the molecule is CCc1ccc(CNc2cccc3c2CN(C2CCC(=O)NC2=O)C3=O)c(F)c1.CNc1ccc(F)c(CNc2cccc3c2CN(C2CCC(=O)NC2=O)C3=O)c1.CNc1ccc(F)c(CNc2cccc3c2CN([C@@H]2CCC(=O)NC2=O)C3=O)c1.CNc1ccc(F)c(CNc2cccc3c2CN([C@H]2CCC(=O)NC2=O)C3=O)c1.[2H]C1(N2Cc3c(NCc4ccc(CC)cc4F)cccc3C2=O)CCC(=O)NC1=O. The number of hydrogen-bond donors (Lipinski definition) is 13. The van der Waals surface area contributed by atoms with E-state index >= 15 is 0 Å². The van der Waals surface area contributed by atoms with Crippen LogP contribution < -0.4 is 69.1 Å². The number of amides is 15. The molecule has 0 bridgehead atoms. The molecule has 13 N–H and O–H groups in total. The summed E-state index contributed by atoms with van der Waals surface area (Å²) in [6.45, 7) is 6.38. The summed E-state index contributed by atoms with van der Waals surface area (Å²) in [6.07, 6.45) is 3.60. The van der Waals surface area contributed by atoms with Gasteiger partial charge in [-0.1, -0.05) is 68.4 Å². The molecule has 3 unspecified atom stereocenters. The van der Waals surface area contributed by atoms with Gasteiger partial charge in [-0.2, -0.15) is 0 Å². The van der Waals surface area contributed by atoms with E-state index < -0.39 is 71.5 Å². The van der Waals surface area contributed by atoms with Crippen molar-refractivity contribution in [3.8, 4) is 0 Å². The van der Waals surface area contributed by atoms with Crippen LogP contribution in [0.3, 0.4) is 0 Å². The van der Waals surface area contributed by atoms with Crippen molar-refractivity contribution in [2.75, 3.05) is 63.7 Å². The van der Waals surface area contributed by atoms with Gasteiger partial charge < -0.3 is 67.0 Å². The Morgan fingerprint density at radius 1 is 0.283 bits per heavy atom. The monoisotopic (exact) mass is 1980 g/mol. The average molecular weight is 1980 g/mol. The molecule has 0 radical (unpaired) electrons. The van der Waals surface area contributed by atoms with E-state index in [-0.39, 0.29) is 174 Å². The van der Waals surface area contributed by atoms with Gasteiger partial charge in [0.15, 0.2) is 0 Å². The zero-order valence-corrected chi connectivity index (χ0v) is 79.9. The number of nitrogens with zero attached hydrogens (tertiary/aromatic N) is 5. The van der Waals surface area contributed by atoms with E-state index in [1.807, 2.05) is 50.2 Å². The van der Waals surface area contributed by atoms with Crippen LogP contribution in [0.4, 0.5) is 67.5 Å². The lowest BCUT2D eigenvalue weighted by molar-refractivity contribution is -0.138. The van der Waals surface area contributed by atoms with Gasteiger partial charge in [0.25, 0.3) is 29.5 Å². The fourth-order valence-corrected chi connectivity index (χ4v) is 19.0. The number of imide groups is 5. The molecule has 0 aliphatic carbocycles. The Morgan fingerprint density at radius 2 is 0.524 bits per heavy atom. The molecule has 750 valence electrons. The van der Waals surface area contributed by atoms with Crippen LogP contribution in [0.2, 0.25) is 0 Å². The number of aryl methyl sites for hydroxylation is 2. The van der Waals surface area contributed by atoms with Gasteiger partial charge in [-0.3, -0.25) is 98.5 Å². The standard InChI is InChI=1S/2C22H22FN3O3.3C21H21FN4O3/c2*1-2-13-6-7-14(17(23)10-13)11-24-18-5-3-4-15-16(18)12-26(22(15)29)19-8-9-20(27)25-21(19)28;3*1-23-13-5-6-16(22)12(9-13)10-24-17-4-2-3-14-15(17)11-26(21(14)29)18-7-8-19(27)25-20(18)28/h2*3-7,10,19,24H,2,8-9,11-12H2,1H3,(H,25,27,28);3*2-6,9,18,23-24H,7-8,10-11H2,1H3,(H,25,27,28)/t;;2*18-;/m..10./s1/i19D;;;;. The molecule has 5 fully saturated rings. The molecule has 10 heterocycles. The maximum absolute atomic E-state index is 14.3. The Morgan fingerprint density at radius 3 is 0.766 bits per heavy atom. The van der Waals surface area contributed by atoms with Crippen molar-refractivity contribution in [2.24, 2.45) is 0 Å². The first kappa shape index (κ1) is 99.9. The molecule has 10 aromatic rings. The highest BCUT2D eigenvalue weighted by Gasteiger charge is 2.46. The van der Waals surface area contributed by atoms with Crippen molar-refractivity contribution in [1.29, 1.82) is 0 Å². The van der Waals surface area contributed by atoms with Crippen molar-refractivity contribution < 1.29 is 95.2 Å². The van der Waals surface area contributed by atoms with E-state index in [1.165, 1.54) is 48.8 Å². The van der Waals surface area contributed by atoms with Crippen molar-refractivity contribution in [3.05, 3.63) is 306 Å². The van der Waals surface area contributed by atoms with Gasteiger partial charge in [-0.25, -0.2) is 22.0 Å². The molecular formula is C107H107F5N18O15. The summed E-state index contributed by atoms with van der Waals surface area (Å²) in [5.41, 5.74) is 16.6. The van der Waals surface area contributed by atoms with E-state index in [0.717, 1.165) is 86.0 Å². The lowest BCUT2D eigenvalue weighted by atomic mass is 10.0. The van der Waals surface area contributed by atoms with Crippen LogP contribution in [0.5, 0.6) is 0 Å². The van der Waals surface area contributed by atoms with Crippen LogP contribution in [-0.2, 0) is 126 Å². The van der Waals surface area contributed by atoms with Gasteiger partial charge in [0.05, 0.1) is 1.37 Å². The van der Waals surface area contributed by atoms with Crippen LogP contribution in [0.15, 0.2) is 182 Å². The molecule has 10 aromatic carbocycles. The number of carbonyl (C=O) groups is 15. The number of anilines is 8. The minimum atomic E-state index is -1.83. The van der Waals surface area contributed by atoms with Gasteiger partial charge in [0.2, 0.25) is 59.1 Å². The van der Waals surface area contributed by atoms with Gasteiger partial charge in [-0.05, 0) is 183 Å². The number of benzene rings is 10. The number of fused-ring (bicyclic) bond motifs is 5.